The number of rotatable bonds is 1. The van der Waals surface area contributed by atoms with Gasteiger partial charge in [-0.2, -0.15) is 0 Å². The Morgan fingerprint density at radius 1 is 2.00 bits per heavy atom. The zero-order valence-corrected chi connectivity index (χ0v) is 5.26. The quantitative estimate of drug-likeness (QED) is 0.534. The first-order chi connectivity index (χ1) is 2.81. The standard InChI is InChI=1S/C3H3BrClF/c4-1-3(6)2-5/h2H,1H2/b3-2-. The highest BCUT2D eigenvalue weighted by Gasteiger charge is 1.82. The minimum Gasteiger partial charge on any atom is -0.210 e. The van der Waals surface area contributed by atoms with Crippen molar-refractivity contribution in [1.82, 2.24) is 0 Å². The molecule has 0 unspecified atom stereocenters. The average molecular weight is 173 g/mol. The molecule has 0 radical (unpaired) electrons. The molecular weight excluding hydrogens is 170 g/mol. The third-order valence-corrected chi connectivity index (χ3v) is 1.02. The van der Waals surface area contributed by atoms with Crippen molar-refractivity contribution < 1.29 is 4.39 Å². The summed E-state index contributed by atoms with van der Waals surface area (Å²) in [6.45, 7) is 0. The Labute approximate surface area is 49.1 Å². The van der Waals surface area contributed by atoms with Crippen LogP contribution in [0.2, 0.25) is 0 Å². The highest BCUT2D eigenvalue weighted by molar-refractivity contribution is 9.09. The lowest BCUT2D eigenvalue weighted by Gasteiger charge is -1.76. The minimum atomic E-state index is -0.350. The molecular formula is C3H3BrClF. The monoisotopic (exact) mass is 172 g/mol. The molecule has 0 aliphatic rings. The van der Waals surface area contributed by atoms with Gasteiger partial charge in [-0.3, -0.25) is 0 Å². The fourth-order valence-corrected chi connectivity index (χ4v) is 0.455. The van der Waals surface area contributed by atoms with Crippen LogP contribution in [0.3, 0.4) is 0 Å². The highest BCUT2D eigenvalue weighted by atomic mass is 79.9. The Kier molecular flexibility index (Phi) is 3.89. The molecule has 0 aromatic rings. The number of halogens is 3. The van der Waals surface area contributed by atoms with Crippen LogP contribution in [0, 0.1) is 0 Å². The Morgan fingerprint density at radius 3 is 2.50 bits per heavy atom. The summed E-state index contributed by atoms with van der Waals surface area (Å²) < 4.78 is 11.5. The third-order valence-electron chi connectivity index (χ3n) is 0.246. The van der Waals surface area contributed by atoms with Crippen LogP contribution in [0.25, 0.3) is 0 Å². The van der Waals surface area contributed by atoms with Crippen LogP contribution in [0.5, 0.6) is 0 Å². The molecule has 0 rings (SSSR count). The molecule has 0 N–H and O–H groups in total. The van der Waals surface area contributed by atoms with E-state index in [1.807, 2.05) is 0 Å². The molecule has 0 aliphatic heterocycles. The lowest BCUT2D eigenvalue weighted by atomic mass is 10.7. The first-order valence-electron chi connectivity index (χ1n) is 1.32. The maximum absolute atomic E-state index is 11.5. The van der Waals surface area contributed by atoms with E-state index in [0.717, 1.165) is 5.54 Å². The summed E-state index contributed by atoms with van der Waals surface area (Å²) in [7, 11) is 0. The van der Waals surface area contributed by atoms with E-state index in [2.05, 4.69) is 15.9 Å². The molecule has 0 spiro atoms. The summed E-state index contributed by atoms with van der Waals surface area (Å²) in [6, 6.07) is 0. The molecule has 0 aliphatic carbocycles. The molecule has 0 aromatic carbocycles. The van der Waals surface area contributed by atoms with Gasteiger partial charge in [-0.15, -0.1) is 0 Å². The minimum absolute atomic E-state index is 0.205. The van der Waals surface area contributed by atoms with Crippen molar-refractivity contribution in [2.75, 3.05) is 5.33 Å². The van der Waals surface area contributed by atoms with Gasteiger partial charge in [0.05, 0.1) is 5.33 Å². The lowest BCUT2D eigenvalue weighted by molar-refractivity contribution is 0.649. The predicted molar refractivity (Wildman–Crippen MR) is 28.8 cm³/mol. The molecule has 3 heteroatoms. The first-order valence-corrected chi connectivity index (χ1v) is 2.87. The second-order valence-corrected chi connectivity index (χ2v) is 1.47. The maximum Gasteiger partial charge on any atom is 0.122 e. The van der Waals surface area contributed by atoms with Gasteiger partial charge in [0.2, 0.25) is 0 Å². The zero-order chi connectivity index (χ0) is 4.99. The van der Waals surface area contributed by atoms with Crippen LogP contribution < -0.4 is 0 Å². The van der Waals surface area contributed by atoms with Crippen molar-refractivity contribution in [3.63, 3.8) is 0 Å². The summed E-state index contributed by atoms with van der Waals surface area (Å²) >= 11 is 7.73. The van der Waals surface area contributed by atoms with Crippen LogP contribution in [0.15, 0.2) is 11.4 Å². The highest BCUT2D eigenvalue weighted by Crippen LogP contribution is 2.00. The second kappa shape index (κ2) is 3.62. The SMILES string of the molecule is F/C(=C\Cl)CBr. The summed E-state index contributed by atoms with van der Waals surface area (Å²) in [4.78, 5) is 0. The maximum atomic E-state index is 11.5. The Morgan fingerprint density at radius 2 is 2.50 bits per heavy atom. The van der Waals surface area contributed by atoms with Crippen molar-refractivity contribution in [3.05, 3.63) is 11.4 Å². The van der Waals surface area contributed by atoms with E-state index < -0.39 is 0 Å². The van der Waals surface area contributed by atoms with Crippen molar-refractivity contribution in [1.29, 1.82) is 0 Å². The van der Waals surface area contributed by atoms with E-state index in [-0.39, 0.29) is 11.2 Å². The van der Waals surface area contributed by atoms with Crippen LogP contribution >= 0.6 is 27.5 Å². The van der Waals surface area contributed by atoms with Gasteiger partial charge in [0.1, 0.15) is 5.83 Å². The number of alkyl halides is 1. The molecule has 0 nitrogen and oxygen atoms in total. The van der Waals surface area contributed by atoms with Crippen LogP contribution in [-0.4, -0.2) is 5.33 Å². The molecule has 0 bridgehead atoms. The summed E-state index contributed by atoms with van der Waals surface area (Å²) in [6.07, 6.45) is 0. The Hall–Kier alpha value is 0.440. The van der Waals surface area contributed by atoms with Crippen LogP contribution in [0.4, 0.5) is 4.39 Å². The number of hydrogen-bond acceptors (Lipinski definition) is 0. The van der Waals surface area contributed by atoms with Gasteiger partial charge < -0.3 is 0 Å². The first kappa shape index (κ1) is 6.44. The van der Waals surface area contributed by atoms with Gasteiger partial charge in [0.15, 0.2) is 0 Å². The molecule has 0 fully saturated rings. The summed E-state index contributed by atoms with van der Waals surface area (Å²) in [5.41, 5.74) is 0.898. The van der Waals surface area contributed by atoms with E-state index in [0.29, 0.717) is 0 Å². The molecule has 0 saturated heterocycles. The Bertz CT molecular complexity index is 61.8. The van der Waals surface area contributed by atoms with Gasteiger partial charge >= 0.3 is 0 Å². The molecule has 36 valence electrons. The smallest absolute Gasteiger partial charge is 0.122 e. The van der Waals surface area contributed by atoms with Crippen molar-refractivity contribution in [2.45, 2.75) is 0 Å². The fourth-order valence-electron chi connectivity index (χ4n) is 0.0292. The number of allylic oxidation sites excluding steroid dienone is 1. The molecule has 0 atom stereocenters. The molecule has 6 heavy (non-hydrogen) atoms. The van der Waals surface area contributed by atoms with Gasteiger partial charge in [0.25, 0.3) is 0 Å². The molecule has 0 amide bonds. The topological polar surface area (TPSA) is 0 Å². The van der Waals surface area contributed by atoms with E-state index in [1.165, 1.54) is 0 Å². The number of hydrogen-bond donors (Lipinski definition) is 0. The van der Waals surface area contributed by atoms with Crippen molar-refractivity contribution >= 4 is 27.5 Å². The van der Waals surface area contributed by atoms with E-state index >= 15 is 0 Å². The largest absolute Gasteiger partial charge is 0.210 e. The van der Waals surface area contributed by atoms with Gasteiger partial charge in [0, 0.05) is 5.54 Å². The average Bonchev–Trinajstić information content (AvgIpc) is 1.65. The van der Waals surface area contributed by atoms with E-state index in [1.54, 1.807) is 0 Å². The van der Waals surface area contributed by atoms with Gasteiger partial charge in [-0.05, 0) is 0 Å². The molecule has 0 heterocycles. The van der Waals surface area contributed by atoms with Gasteiger partial charge in [-0.1, -0.05) is 27.5 Å². The molecule has 0 aromatic heterocycles. The van der Waals surface area contributed by atoms with Gasteiger partial charge in [-0.25, -0.2) is 4.39 Å². The summed E-state index contributed by atoms with van der Waals surface area (Å²) in [5.74, 6) is -0.350. The second-order valence-electron chi connectivity index (χ2n) is 0.690. The summed E-state index contributed by atoms with van der Waals surface area (Å²) in [5, 5.41) is 0.205. The van der Waals surface area contributed by atoms with Crippen LogP contribution in [-0.2, 0) is 0 Å². The van der Waals surface area contributed by atoms with Crippen molar-refractivity contribution in [2.24, 2.45) is 0 Å². The van der Waals surface area contributed by atoms with E-state index in [4.69, 9.17) is 11.6 Å². The molecule has 0 saturated carbocycles. The fraction of sp³-hybridized carbons (Fsp3) is 0.333. The van der Waals surface area contributed by atoms with Crippen molar-refractivity contribution in [3.8, 4) is 0 Å². The predicted octanol–water partition coefficient (Wildman–Crippen LogP) is 2.43. The third kappa shape index (κ3) is 2.67. The van der Waals surface area contributed by atoms with Crippen LogP contribution in [0.1, 0.15) is 0 Å². The normalized spacial score (nSPS) is 12.2. The van der Waals surface area contributed by atoms with E-state index in [9.17, 15) is 4.39 Å². The Balaban J connectivity index is 3.22. The lowest BCUT2D eigenvalue weighted by Crippen LogP contribution is -1.65. The zero-order valence-electron chi connectivity index (χ0n) is 2.92.